The Labute approximate surface area is 95.5 Å². The van der Waals surface area contributed by atoms with Gasteiger partial charge < -0.3 is 11.1 Å². The van der Waals surface area contributed by atoms with Gasteiger partial charge in [-0.25, -0.2) is 4.98 Å². The van der Waals surface area contributed by atoms with E-state index in [1.54, 1.807) is 6.20 Å². The highest BCUT2D eigenvalue weighted by molar-refractivity contribution is 5.92. The topological polar surface area (TPSA) is 80.9 Å². The molecule has 0 saturated carbocycles. The Balaban J connectivity index is 2.68. The number of nitrogens with one attached hydrogen (secondary N) is 1. The molecule has 0 saturated heterocycles. The van der Waals surface area contributed by atoms with Gasteiger partial charge in [-0.1, -0.05) is 13.8 Å². The Morgan fingerprint density at radius 1 is 1.44 bits per heavy atom. The molecule has 0 spiro atoms. The van der Waals surface area contributed by atoms with E-state index in [1.807, 2.05) is 20.8 Å². The molecule has 0 aliphatic heterocycles. The molecular weight excluding hydrogens is 204 g/mol. The molecule has 0 bridgehead atoms. The van der Waals surface area contributed by atoms with Crippen LogP contribution in [0.2, 0.25) is 0 Å². The van der Waals surface area contributed by atoms with E-state index in [4.69, 9.17) is 5.73 Å². The maximum Gasteiger partial charge on any atom is 0.271 e. The molecule has 0 aliphatic carbocycles. The molecule has 1 amide bonds. The fourth-order valence-electron chi connectivity index (χ4n) is 1.25. The first-order chi connectivity index (χ1) is 7.54. The van der Waals surface area contributed by atoms with Gasteiger partial charge in [0.05, 0.1) is 11.9 Å². The van der Waals surface area contributed by atoms with Crippen LogP contribution in [0.1, 0.15) is 30.0 Å². The average molecular weight is 222 g/mol. The number of hydrogen-bond acceptors (Lipinski definition) is 4. The van der Waals surface area contributed by atoms with Crippen LogP contribution in [0.5, 0.6) is 0 Å². The van der Waals surface area contributed by atoms with Crippen molar-refractivity contribution in [3.05, 3.63) is 23.8 Å². The molecule has 0 aromatic carbocycles. The summed E-state index contributed by atoms with van der Waals surface area (Å²) in [5.41, 5.74) is 6.68. The van der Waals surface area contributed by atoms with Gasteiger partial charge >= 0.3 is 0 Å². The van der Waals surface area contributed by atoms with Crippen molar-refractivity contribution in [2.75, 3.05) is 6.54 Å². The number of nitrogens with zero attached hydrogens (tertiary/aromatic N) is 2. The molecule has 1 heterocycles. The Kier molecular flexibility index (Phi) is 4.37. The third-order valence-electron chi connectivity index (χ3n) is 2.39. The second-order valence-corrected chi connectivity index (χ2v) is 4.10. The minimum atomic E-state index is -0.225. The second-order valence-electron chi connectivity index (χ2n) is 4.10. The number of aryl methyl sites for hydroxylation is 1. The minimum Gasteiger partial charge on any atom is -0.346 e. The molecule has 5 heteroatoms. The molecule has 1 aromatic rings. The lowest BCUT2D eigenvalue weighted by Crippen LogP contribution is -2.43. The largest absolute Gasteiger partial charge is 0.346 e. The molecule has 1 rings (SSSR count). The SMILES string of the molecule is Cc1cnc(C(=O)NC(CN)C(C)C)cn1. The van der Waals surface area contributed by atoms with Crippen LogP contribution in [0, 0.1) is 12.8 Å². The molecule has 0 fully saturated rings. The molecule has 1 atom stereocenters. The van der Waals surface area contributed by atoms with Gasteiger partial charge in [0.1, 0.15) is 5.69 Å². The second kappa shape index (κ2) is 5.55. The summed E-state index contributed by atoms with van der Waals surface area (Å²) in [6, 6.07) is -0.0318. The van der Waals surface area contributed by atoms with E-state index in [9.17, 15) is 4.79 Å². The first-order valence-corrected chi connectivity index (χ1v) is 5.34. The Bertz CT molecular complexity index is 348. The van der Waals surface area contributed by atoms with Crippen molar-refractivity contribution >= 4 is 5.91 Å². The lowest BCUT2D eigenvalue weighted by molar-refractivity contribution is 0.0922. The molecule has 16 heavy (non-hydrogen) atoms. The van der Waals surface area contributed by atoms with Crippen LogP contribution < -0.4 is 11.1 Å². The third kappa shape index (κ3) is 3.27. The number of rotatable bonds is 4. The Hall–Kier alpha value is -1.49. The van der Waals surface area contributed by atoms with Crippen molar-refractivity contribution in [1.29, 1.82) is 0 Å². The van der Waals surface area contributed by atoms with E-state index in [2.05, 4.69) is 15.3 Å². The highest BCUT2D eigenvalue weighted by atomic mass is 16.1. The summed E-state index contributed by atoms with van der Waals surface area (Å²) in [4.78, 5) is 19.8. The van der Waals surface area contributed by atoms with Crippen molar-refractivity contribution in [2.45, 2.75) is 26.8 Å². The lowest BCUT2D eigenvalue weighted by atomic mass is 10.0. The van der Waals surface area contributed by atoms with Crippen molar-refractivity contribution < 1.29 is 4.79 Å². The maximum atomic E-state index is 11.8. The monoisotopic (exact) mass is 222 g/mol. The number of carbonyl (C=O) groups is 1. The van der Waals surface area contributed by atoms with Crippen molar-refractivity contribution in [1.82, 2.24) is 15.3 Å². The molecule has 0 aliphatic rings. The fourth-order valence-corrected chi connectivity index (χ4v) is 1.25. The van der Waals surface area contributed by atoms with Crippen LogP contribution in [0.3, 0.4) is 0 Å². The molecule has 3 N–H and O–H groups in total. The average Bonchev–Trinajstić information content (AvgIpc) is 2.26. The smallest absolute Gasteiger partial charge is 0.271 e. The molecular formula is C11H18N4O. The lowest BCUT2D eigenvalue weighted by Gasteiger charge is -2.19. The van der Waals surface area contributed by atoms with E-state index in [0.29, 0.717) is 18.2 Å². The maximum absolute atomic E-state index is 11.8. The van der Waals surface area contributed by atoms with E-state index in [0.717, 1.165) is 5.69 Å². The number of nitrogens with two attached hydrogens (primary N) is 1. The summed E-state index contributed by atoms with van der Waals surface area (Å²) in [5.74, 6) is 0.0732. The third-order valence-corrected chi connectivity index (χ3v) is 2.39. The summed E-state index contributed by atoms with van der Waals surface area (Å²) in [6.07, 6.45) is 3.04. The summed E-state index contributed by atoms with van der Waals surface area (Å²) in [7, 11) is 0. The summed E-state index contributed by atoms with van der Waals surface area (Å²) in [6.45, 7) is 6.27. The highest BCUT2D eigenvalue weighted by Crippen LogP contribution is 2.01. The number of amides is 1. The molecule has 5 nitrogen and oxygen atoms in total. The van der Waals surface area contributed by atoms with Gasteiger partial charge in [0, 0.05) is 18.8 Å². The van der Waals surface area contributed by atoms with E-state index in [-0.39, 0.29) is 11.9 Å². The Morgan fingerprint density at radius 3 is 2.56 bits per heavy atom. The van der Waals surface area contributed by atoms with Crippen molar-refractivity contribution in [3.8, 4) is 0 Å². The van der Waals surface area contributed by atoms with Crippen molar-refractivity contribution in [2.24, 2.45) is 11.7 Å². The standard InChI is InChI=1S/C11H18N4O/c1-7(2)9(4-12)15-11(16)10-6-13-8(3)5-14-10/h5-7,9H,4,12H2,1-3H3,(H,15,16). The number of carbonyl (C=O) groups excluding carboxylic acids is 1. The quantitative estimate of drug-likeness (QED) is 0.777. The van der Waals surface area contributed by atoms with Gasteiger partial charge in [0.15, 0.2) is 0 Å². The first-order valence-electron chi connectivity index (χ1n) is 5.34. The summed E-state index contributed by atoms with van der Waals surface area (Å²) in [5, 5.41) is 2.84. The van der Waals surface area contributed by atoms with Crippen LogP contribution in [-0.4, -0.2) is 28.5 Å². The van der Waals surface area contributed by atoms with Crippen LogP contribution in [0.15, 0.2) is 12.4 Å². The molecule has 1 unspecified atom stereocenters. The highest BCUT2D eigenvalue weighted by Gasteiger charge is 2.16. The van der Waals surface area contributed by atoms with Crippen LogP contribution in [-0.2, 0) is 0 Å². The fraction of sp³-hybridized carbons (Fsp3) is 0.545. The van der Waals surface area contributed by atoms with Crippen LogP contribution in [0.4, 0.5) is 0 Å². The number of aromatic nitrogens is 2. The zero-order chi connectivity index (χ0) is 12.1. The van der Waals surface area contributed by atoms with Gasteiger partial charge in [0.2, 0.25) is 0 Å². The van der Waals surface area contributed by atoms with Gasteiger partial charge in [-0.2, -0.15) is 0 Å². The predicted molar refractivity (Wildman–Crippen MR) is 61.9 cm³/mol. The minimum absolute atomic E-state index is 0.0318. The Morgan fingerprint density at radius 2 is 2.12 bits per heavy atom. The van der Waals surface area contributed by atoms with E-state index < -0.39 is 0 Å². The van der Waals surface area contributed by atoms with Gasteiger partial charge in [0.25, 0.3) is 5.91 Å². The van der Waals surface area contributed by atoms with Gasteiger partial charge in [-0.3, -0.25) is 9.78 Å². The van der Waals surface area contributed by atoms with E-state index >= 15 is 0 Å². The van der Waals surface area contributed by atoms with Gasteiger partial charge in [-0.15, -0.1) is 0 Å². The predicted octanol–water partition coefficient (Wildman–Crippen LogP) is 0.498. The first kappa shape index (κ1) is 12.6. The summed E-state index contributed by atoms with van der Waals surface area (Å²) < 4.78 is 0. The summed E-state index contributed by atoms with van der Waals surface area (Å²) >= 11 is 0. The molecule has 0 radical (unpaired) electrons. The number of hydrogen-bond donors (Lipinski definition) is 2. The zero-order valence-corrected chi connectivity index (χ0v) is 9.90. The van der Waals surface area contributed by atoms with Crippen molar-refractivity contribution in [3.63, 3.8) is 0 Å². The van der Waals surface area contributed by atoms with Crippen LogP contribution >= 0.6 is 0 Å². The molecule has 88 valence electrons. The van der Waals surface area contributed by atoms with E-state index in [1.165, 1.54) is 6.20 Å². The van der Waals surface area contributed by atoms with Crippen LogP contribution in [0.25, 0.3) is 0 Å². The molecule has 1 aromatic heterocycles. The zero-order valence-electron chi connectivity index (χ0n) is 9.90. The van der Waals surface area contributed by atoms with Gasteiger partial charge in [-0.05, 0) is 12.8 Å². The normalized spacial score (nSPS) is 12.6.